The van der Waals surface area contributed by atoms with Gasteiger partial charge in [0.1, 0.15) is 0 Å². The molecule has 2 unspecified atom stereocenters. The minimum atomic E-state index is -0.806. The number of likely N-dealkylation sites (tertiary alicyclic amines) is 1. The maximum Gasteiger partial charge on any atom is 0.315 e. The van der Waals surface area contributed by atoms with Crippen molar-refractivity contribution in [2.24, 2.45) is 5.92 Å². The van der Waals surface area contributed by atoms with E-state index in [1.54, 1.807) is 4.90 Å². The number of nitrogens with zero attached hydrogens (tertiary/aromatic N) is 1. The van der Waals surface area contributed by atoms with Gasteiger partial charge in [-0.05, 0) is 38.5 Å². The Bertz CT molecular complexity index is 407. The third-order valence-corrected chi connectivity index (χ3v) is 4.23. The van der Waals surface area contributed by atoms with E-state index in [9.17, 15) is 14.4 Å². The second-order valence-electron chi connectivity index (χ2n) is 5.81. The van der Waals surface area contributed by atoms with Crippen molar-refractivity contribution in [3.05, 3.63) is 0 Å². The lowest BCUT2D eigenvalue weighted by atomic mass is 10.1. The summed E-state index contributed by atoms with van der Waals surface area (Å²) in [4.78, 5) is 36.2. The number of piperidine rings is 1. The van der Waals surface area contributed by atoms with Crippen molar-refractivity contribution in [2.45, 2.75) is 44.6 Å². The summed E-state index contributed by atoms with van der Waals surface area (Å²) in [5.74, 6) is -1.23. The van der Waals surface area contributed by atoms with Crippen molar-refractivity contribution in [3.8, 4) is 0 Å². The Morgan fingerprint density at radius 3 is 2.43 bits per heavy atom. The SMILES string of the molecule is O=C(NCC(=O)N1CCCCC1)NC1CCC(C(=O)O)C1. The second-order valence-corrected chi connectivity index (χ2v) is 5.81. The number of carbonyl (C=O) groups excluding carboxylic acids is 2. The van der Waals surface area contributed by atoms with Gasteiger partial charge in [-0.2, -0.15) is 0 Å². The molecule has 0 aromatic carbocycles. The van der Waals surface area contributed by atoms with Crippen LogP contribution < -0.4 is 10.6 Å². The first-order valence-corrected chi connectivity index (χ1v) is 7.61. The average Bonchev–Trinajstić information content (AvgIpc) is 2.94. The highest BCUT2D eigenvalue weighted by Crippen LogP contribution is 2.25. The number of nitrogens with one attached hydrogen (secondary N) is 2. The molecule has 2 atom stereocenters. The van der Waals surface area contributed by atoms with Crippen LogP contribution in [-0.4, -0.2) is 53.6 Å². The van der Waals surface area contributed by atoms with E-state index in [0.29, 0.717) is 19.3 Å². The lowest BCUT2D eigenvalue weighted by Crippen LogP contribution is -2.47. The zero-order valence-corrected chi connectivity index (χ0v) is 12.1. The normalized spacial score (nSPS) is 25.4. The lowest BCUT2D eigenvalue weighted by molar-refractivity contribution is -0.141. The zero-order valence-electron chi connectivity index (χ0n) is 12.1. The van der Waals surface area contributed by atoms with E-state index in [1.807, 2.05) is 0 Å². The quantitative estimate of drug-likeness (QED) is 0.705. The second kappa shape index (κ2) is 7.28. The number of aliphatic carboxylic acids is 1. The number of carboxylic acids is 1. The first kappa shape index (κ1) is 15.6. The largest absolute Gasteiger partial charge is 0.481 e. The molecule has 3 N–H and O–H groups in total. The first-order valence-electron chi connectivity index (χ1n) is 7.61. The van der Waals surface area contributed by atoms with Gasteiger partial charge in [0.2, 0.25) is 5.91 Å². The molecule has 118 valence electrons. The van der Waals surface area contributed by atoms with E-state index in [-0.39, 0.29) is 24.4 Å². The van der Waals surface area contributed by atoms with Gasteiger partial charge in [0.25, 0.3) is 0 Å². The molecule has 1 heterocycles. The van der Waals surface area contributed by atoms with Crippen molar-refractivity contribution < 1.29 is 19.5 Å². The van der Waals surface area contributed by atoms with Crippen molar-refractivity contribution in [2.75, 3.05) is 19.6 Å². The van der Waals surface area contributed by atoms with Gasteiger partial charge in [-0.15, -0.1) is 0 Å². The standard InChI is InChI=1S/C14H23N3O4/c18-12(17-6-2-1-3-7-17)9-15-14(21)16-11-5-4-10(8-11)13(19)20/h10-11H,1-9H2,(H,19,20)(H2,15,16,21). The first-order chi connectivity index (χ1) is 10.1. The summed E-state index contributed by atoms with van der Waals surface area (Å²) >= 11 is 0. The molecule has 0 radical (unpaired) electrons. The Hall–Kier alpha value is -1.79. The predicted octanol–water partition coefficient (Wildman–Crippen LogP) is 0.551. The molecule has 1 aliphatic heterocycles. The summed E-state index contributed by atoms with van der Waals surface area (Å²) in [5, 5.41) is 14.2. The molecule has 1 saturated heterocycles. The molecule has 7 nitrogen and oxygen atoms in total. The van der Waals surface area contributed by atoms with Crippen LogP contribution in [0.5, 0.6) is 0 Å². The van der Waals surface area contributed by atoms with Crippen LogP contribution in [0.15, 0.2) is 0 Å². The molecule has 0 aromatic rings. The summed E-state index contributed by atoms with van der Waals surface area (Å²) < 4.78 is 0. The Morgan fingerprint density at radius 2 is 1.81 bits per heavy atom. The number of hydrogen-bond donors (Lipinski definition) is 3. The van der Waals surface area contributed by atoms with E-state index < -0.39 is 12.0 Å². The monoisotopic (exact) mass is 297 g/mol. The van der Waals surface area contributed by atoms with Gasteiger partial charge < -0.3 is 20.6 Å². The minimum Gasteiger partial charge on any atom is -0.481 e. The van der Waals surface area contributed by atoms with Gasteiger partial charge in [-0.25, -0.2) is 4.79 Å². The van der Waals surface area contributed by atoms with Gasteiger partial charge in [0.15, 0.2) is 0 Å². The molecule has 0 aromatic heterocycles. The third-order valence-electron chi connectivity index (χ3n) is 4.23. The molecule has 1 saturated carbocycles. The van der Waals surface area contributed by atoms with Crippen molar-refractivity contribution in [1.29, 1.82) is 0 Å². The van der Waals surface area contributed by atoms with Gasteiger partial charge in [-0.3, -0.25) is 9.59 Å². The number of amides is 3. The molecule has 7 heteroatoms. The van der Waals surface area contributed by atoms with Gasteiger partial charge in [0.05, 0.1) is 12.5 Å². The fourth-order valence-electron chi connectivity index (χ4n) is 2.98. The van der Waals surface area contributed by atoms with Crippen LogP contribution in [0.4, 0.5) is 4.79 Å². The number of rotatable bonds is 4. The van der Waals surface area contributed by atoms with E-state index in [0.717, 1.165) is 32.4 Å². The Balaban J connectivity index is 1.65. The third kappa shape index (κ3) is 4.61. The molecule has 21 heavy (non-hydrogen) atoms. The molecule has 2 aliphatic rings. The highest BCUT2D eigenvalue weighted by Gasteiger charge is 2.30. The maximum atomic E-state index is 11.9. The highest BCUT2D eigenvalue weighted by atomic mass is 16.4. The van der Waals surface area contributed by atoms with Gasteiger partial charge in [-0.1, -0.05) is 0 Å². The van der Waals surface area contributed by atoms with Crippen molar-refractivity contribution >= 4 is 17.9 Å². The number of carbonyl (C=O) groups is 3. The Kier molecular flexibility index (Phi) is 5.41. The predicted molar refractivity (Wildman–Crippen MR) is 75.7 cm³/mol. The summed E-state index contributed by atoms with van der Waals surface area (Å²) in [6.45, 7) is 1.54. The molecule has 2 fully saturated rings. The summed E-state index contributed by atoms with van der Waals surface area (Å²) in [5.41, 5.74) is 0. The molecule has 0 bridgehead atoms. The number of carboxylic acid groups (broad SMARTS) is 1. The smallest absolute Gasteiger partial charge is 0.315 e. The topological polar surface area (TPSA) is 98.7 Å². The van der Waals surface area contributed by atoms with Crippen LogP contribution in [0.2, 0.25) is 0 Å². The van der Waals surface area contributed by atoms with Gasteiger partial charge in [0, 0.05) is 19.1 Å². The summed E-state index contributed by atoms with van der Waals surface area (Å²) in [6.07, 6.45) is 4.93. The lowest BCUT2D eigenvalue weighted by Gasteiger charge is -2.26. The van der Waals surface area contributed by atoms with E-state index in [1.165, 1.54) is 0 Å². The molecular formula is C14H23N3O4. The zero-order chi connectivity index (χ0) is 15.2. The van der Waals surface area contributed by atoms with Crippen molar-refractivity contribution in [1.82, 2.24) is 15.5 Å². The fourth-order valence-corrected chi connectivity index (χ4v) is 2.98. The molecule has 1 aliphatic carbocycles. The number of hydrogen-bond acceptors (Lipinski definition) is 3. The van der Waals surface area contributed by atoms with Crippen LogP contribution in [-0.2, 0) is 9.59 Å². The fraction of sp³-hybridized carbons (Fsp3) is 0.786. The van der Waals surface area contributed by atoms with Gasteiger partial charge >= 0.3 is 12.0 Å². The van der Waals surface area contributed by atoms with Crippen LogP contribution in [0.1, 0.15) is 38.5 Å². The van der Waals surface area contributed by atoms with Crippen LogP contribution in [0.25, 0.3) is 0 Å². The molecule has 0 spiro atoms. The van der Waals surface area contributed by atoms with Crippen molar-refractivity contribution in [3.63, 3.8) is 0 Å². The summed E-state index contributed by atoms with van der Waals surface area (Å²) in [6, 6.07) is -0.507. The van der Waals surface area contributed by atoms with E-state index in [2.05, 4.69) is 10.6 Å². The molecule has 2 rings (SSSR count). The molecule has 3 amide bonds. The Labute approximate surface area is 124 Å². The Morgan fingerprint density at radius 1 is 1.10 bits per heavy atom. The summed E-state index contributed by atoms with van der Waals surface area (Å²) in [7, 11) is 0. The number of urea groups is 1. The van der Waals surface area contributed by atoms with Crippen LogP contribution in [0, 0.1) is 5.92 Å². The van der Waals surface area contributed by atoms with E-state index in [4.69, 9.17) is 5.11 Å². The van der Waals surface area contributed by atoms with Crippen LogP contribution in [0.3, 0.4) is 0 Å². The molecular weight excluding hydrogens is 274 g/mol. The average molecular weight is 297 g/mol. The minimum absolute atomic E-state index is 0.000905. The highest BCUT2D eigenvalue weighted by molar-refractivity contribution is 5.84. The van der Waals surface area contributed by atoms with E-state index >= 15 is 0 Å². The van der Waals surface area contributed by atoms with Crippen LogP contribution >= 0.6 is 0 Å². The maximum absolute atomic E-state index is 11.9.